The SMILES string of the molecule is CN1CCN(Cc2cnc(-c3ccc(N)cc3)o2)CC1. The summed E-state index contributed by atoms with van der Waals surface area (Å²) in [5.41, 5.74) is 7.39. The Hall–Kier alpha value is -1.85. The Labute approximate surface area is 119 Å². The van der Waals surface area contributed by atoms with Gasteiger partial charge in [0.1, 0.15) is 5.76 Å². The Bertz CT molecular complexity index is 556. The number of likely N-dealkylation sites (N-methyl/N-ethyl adjacent to an activating group) is 1. The summed E-state index contributed by atoms with van der Waals surface area (Å²) >= 11 is 0. The second kappa shape index (κ2) is 5.64. The van der Waals surface area contributed by atoms with Gasteiger partial charge in [0.05, 0.1) is 12.7 Å². The van der Waals surface area contributed by atoms with Crippen LogP contribution in [0.2, 0.25) is 0 Å². The van der Waals surface area contributed by atoms with E-state index in [2.05, 4.69) is 21.8 Å². The normalized spacial score (nSPS) is 17.4. The second-order valence-corrected chi connectivity index (χ2v) is 5.33. The first kappa shape index (κ1) is 13.1. The van der Waals surface area contributed by atoms with E-state index in [9.17, 15) is 0 Å². The third kappa shape index (κ3) is 3.00. The van der Waals surface area contributed by atoms with E-state index in [1.807, 2.05) is 30.5 Å². The van der Waals surface area contributed by atoms with Crippen molar-refractivity contribution < 1.29 is 4.42 Å². The molecule has 0 atom stereocenters. The Kier molecular flexibility index (Phi) is 3.71. The van der Waals surface area contributed by atoms with Crippen molar-refractivity contribution in [1.29, 1.82) is 0 Å². The number of benzene rings is 1. The fraction of sp³-hybridized carbons (Fsp3) is 0.400. The Morgan fingerprint density at radius 3 is 2.55 bits per heavy atom. The van der Waals surface area contributed by atoms with E-state index < -0.39 is 0 Å². The van der Waals surface area contributed by atoms with Gasteiger partial charge in [0, 0.05) is 37.4 Å². The fourth-order valence-corrected chi connectivity index (χ4v) is 2.37. The van der Waals surface area contributed by atoms with Gasteiger partial charge in [-0.25, -0.2) is 4.98 Å². The van der Waals surface area contributed by atoms with E-state index in [1.165, 1.54) is 0 Å². The van der Waals surface area contributed by atoms with Crippen molar-refractivity contribution in [1.82, 2.24) is 14.8 Å². The van der Waals surface area contributed by atoms with Gasteiger partial charge in [0.25, 0.3) is 0 Å². The molecule has 0 amide bonds. The Morgan fingerprint density at radius 1 is 1.15 bits per heavy atom. The molecular formula is C15H20N4O. The van der Waals surface area contributed by atoms with Crippen molar-refractivity contribution in [2.24, 2.45) is 0 Å². The summed E-state index contributed by atoms with van der Waals surface area (Å²) in [6.45, 7) is 5.20. The summed E-state index contributed by atoms with van der Waals surface area (Å²) in [7, 11) is 2.16. The highest BCUT2D eigenvalue weighted by Crippen LogP contribution is 2.21. The van der Waals surface area contributed by atoms with Crippen molar-refractivity contribution in [2.45, 2.75) is 6.54 Å². The maximum absolute atomic E-state index is 5.83. The average molecular weight is 272 g/mol. The maximum atomic E-state index is 5.83. The molecule has 0 bridgehead atoms. The number of anilines is 1. The number of nitrogen functional groups attached to an aromatic ring is 1. The van der Waals surface area contributed by atoms with E-state index in [1.54, 1.807) is 0 Å². The van der Waals surface area contributed by atoms with Gasteiger partial charge in [0.2, 0.25) is 5.89 Å². The van der Waals surface area contributed by atoms with E-state index in [4.69, 9.17) is 10.2 Å². The third-order valence-corrected chi connectivity index (χ3v) is 3.69. The van der Waals surface area contributed by atoms with Crippen molar-refractivity contribution in [2.75, 3.05) is 39.0 Å². The van der Waals surface area contributed by atoms with Gasteiger partial charge in [-0.1, -0.05) is 0 Å². The number of oxazole rings is 1. The Morgan fingerprint density at radius 2 is 1.85 bits per heavy atom. The highest BCUT2D eigenvalue weighted by Gasteiger charge is 2.16. The molecule has 1 aromatic carbocycles. The molecule has 1 saturated heterocycles. The highest BCUT2D eigenvalue weighted by molar-refractivity contribution is 5.57. The van der Waals surface area contributed by atoms with Gasteiger partial charge in [-0.15, -0.1) is 0 Å². The monoisotopic (exact) mass is 272 g/mol. The standard InChI is InChI=1S/C15H20N4O/c1-18-6-8-19(9-7-18)11-14-10-17-15(20-14)12-2-4-13(16)5-3-12/h2-5,10H,6-9,11,16H2,1H3. The maximum Gasteiger partial charge on any atom is 0.226 e. The highest BCUT2D eigenvalue weighted by atomic mass is 16.4. The van der Waals surface area contributed by atoms with E-state index >= 15 is 0 Å². The average Bonchev–Trinajstić information content (AvgIpc) is 2.91. The second-order valence-electron chi connectivity index (χ2n) is 5.33. The molecule has 20 heavy (non-hydrogen) atoms. The van der Waals surface area contributed by atoms with Gasteiger partial charge in [0.15, 0.2) is 0 Å². The lowest BCUT2D eigenvalue weighted by Crippen LogP contribution is -2.43. The summed E-state index contributed by atoms with van der Waals surface area (Å²) in [6, 6.07) is 7.58. The van der Waals surface area contributed by atoms with Gasteiger partial charge in [-0.2, -0.15) is 0 Å². The molecule has 0 radical (unpaired) electrons. The van der Waals surface area contributed by atoms with Crippen molar-refractivity contribution >= 4 is 5.69 Å². The zero-order chi connectivity index (χ0) is 13.9. The van der Waals surface area contributed by atoms with Crippen LogP contribution in [-0.4, -0.2) is 48.0 Å². The van der Waals surface area contributed by atoms with Crippen LogP contribution in [0.1, 0.15) is 5.76 Å². The van der Waals surface area contributed by atoms with Gasteiger partial charge in [-0.05, 0) is 31.3 Å². The predicted octanol–water partition coefficient (Wildman–Crippen LogP) is 1.67. The largest absolute Gasteiger partial charge is 0.440 e. The number of piperazine rings is 1. The molecule has 1 fully saturated rings. The zero-order valence-electron chi connectivity index (χ0n) is 11.7. The van der Waals surface area contributed by atoms with Crippen LogP contribution >= 0.6 is 0 Å². The van der Waals surface area contributed by atoms with Crippen LogP contribution in [0.15, 0.2) is 34.9 Å². The molecular weight excluding hydrogens is 252 g/mol. The molecule has 0 aliphatic carbocycles. The minimum atomic E-state index is 0.661. The molecule has 2 aromatic rings. The first-order valence-corrected chi connectivity index (χ1v) is 6.92. The lowest BCUT2D eigenvalue weighted by Gasteiger charge is -2.31. The topological polar surface area (TPSA) is 58.5 Å². The summed E-state index contributed by atoms with van der Waals surface area (Å²) in [6.07, 6.45) is 1.82. The molecule has 1 aliphatic rings. The first-order valence-electron chi connectivity index (χ1n) is 6.92. The molecule has 2 heterocycles. The van der Waals surface area contributed by atoms with Gasteiger partial charge >= 0.3 is 0 Å². The van der Waals surface area contributed by atoms with Crippen LogP contribution in [0.4, 0.5) is 5.69 Å². The molecule has 0 saturated carbocycles. The van der Waals surface area contributed by atoms with Crippen LogP contribution in [0.25, 0.3) is 11.5 Å². The first-order chi connectivity index (χ1) is 9.70. The molecule has 5 nitrogen and oxygen atoms in total. The van der Waals surface area contributed by atoms with Crippen LogP contribution in [0, 0.1) is 0 Å². The molecule has 1 aliphatic heterocycles. The van der Waals surface area contributed by atoms with Crippen LogP contribution < -0.4 is 5.73 Å². The minimum Gasteiger partial charge on any atom is -0.440 e. The fourth-order valence-electron chi connectivity index (χ4n) is 2.37. The van der Waals surface area contributed by atoms with Crippen LogP contribution in [0.5, 0.6) is 0 Å². The number of hydrogen-bond donors (Lipinski definition) is 1. The quantitative estimate of drug-likeness (QED) is 0.861. The smallest absolute Gasteiger partial charge is 0.226 e. The van der Waals surface area contributed by atoms with Crippen molar-refractivity contribution in [3.63, 3.8) is 0 Å². The number of nitrogens with two attached hydrogens (primary N) is 1. The van der Waals surface area contributed by atoms with E-state index in [0.717, 1.165) is 49.7 Å². The van der Waals surface area contributed by atoms with E-state index in [0.29, 0.717) is 5.89 Å². The molecule has 1 aromatic heterocycles. The number of rotatable bonds is 3. The van der Waals surface area contributed by atoms with Gasteiger partial charge in [-0.3, -0.25) is 4.90 Å². The van der Waals surface area contributed by atoms with E-state index in [-0.39, 0.29) is 0 Å². The number of aromatic nitrogens is 1. The third-order valence-electron chi connectivity index (χ3n) is 3.69. The molecule has 0 unspecified atom stereocenters. The van der Waals surface area contributed by atoms with Crippen LogP contribution in [0.3, 0.4) is 0 Å². The molecule has 2 N–H and O–H groups in total. The minimum absolute atomic E-state index is 0.661. The lowest BCUT2D eigenvalue weighted by molar-refractivity contribution is 0.140. The van der Waals surface area contributed by atoms with Crippen molar-refractivity contribution in [3.05, 3.63) is 36.2 Å². The summed E-state index contributed by atoms with van der Waals surface area (Å²) in [4.78, 5) is 9.09. The molecule has 3 rings (SSSR count). The molecule has 0 spiro atoms. The molecule has 5 heteroatoms. The van der Waals surface area contributed by atoms with Crippen LogP contribution in [-0.2, 0) is 6.54 Å². The predicted molar refractivity (Wildman–Crippen MR) is 79.1 cm³/mol. The van der Waals surface area contributed by atoms with Crippen molar-refractivity contribution in [3.8, 4) is 11.5 Å². The summed E-state index contributed by atoms with van der Waals surface area (Å²) in [5.74, 6) is 1.58. The summed E-state index contributed by atoms with van der Waals surface area (Å²) < 4.78 is 5.83. The zero-order valence-corrected chi connectivity index (χ0v) is 11.7. The molecule has 106 valence electrons. The Balaban J connectivity index is 1.66. The number of hydrogen-bond acceptors (Lipinski definition) is 5. The number of nitrogens with zero attached hydrogens (tertiary/aromatic N) is 3. The summed E-state index contributed by atoms with van der Waals surface area (Å²) in [5, 5.41) is 0. The van der Waals surface area contributed by atoms with Gasteiger partial charge < -0.3 is 15.1 Å². The lowest BCUT2D eigenvalue weighted by atomic mass is 10.2.